The lowest BCUT2D eigenvalue weighted by Gasteiger charge is -2.20. The van der Waals surface area contributed by atoms with Gasteiger partial charge in [-0.2, -0.15) is 0 Å². The summed E-state index contributed by atoms with van der Waals surface area (Å²) in [6, 6.07) is 9.03. The van der Waals surface area contributed by atoms with Gasteiger partial charge < -0.3 is 4.90 Å². The van der Waals surface area contributed by atoms with Gasteiger partial charge in [0.2, 0.25) is 0 Å². The molecule has 9 heteroatoms. The van der Waals surface area contributed by atoms with Crippen LogP contribution in [-0.2, 0) is 6.42 Å². The van der Waals surface area contributed by atoms with Crippen LogP contribution < -0.4 is 4.90 Å². The monoisotopic (exact) mass is 418 g/mol. The van der Waals surface area contributed by atoms with Crippen molar-refractivity contribution in [1.29, 1.82) is 0 Å². The number of hydrogen-bond acceptors (Lipinski definition) is 7. The van der Waals surface area contributed by atoms with Crippen LogP contribution in [-0.4, -0.2) is 47.9 Å². The molecule has 2 heterocycles. The summed E-state index contributed by atoms with van der Waals surface area (Å²) in [6.45, 7) is 3.44. The van der Waals surface area contributed by atoms with Gasteiger partial charge in [0.15, 0.2) is 5.13 Å². The normalized spacial score (nSPS) is 11.3. The Morgan fingerprint density at radius 1 is 1.18 bits per heavy atom. The lowest BCUT2D eigenvalue weighted by molar-refractivity contribution is -0.380. The van der Waals surface area contributed by atoms with Gasteiger partial charge in [0.05, 0.1) is 20.0 Å². The second-order valence-corrected chi connectivity index (χ2v) is 8.73. The number of nitro groups is 1. The number of aromatic nitrogens is 1. The molecule has 1 amide bonds. The first-order valence-corrected chi connectivity index (χ1v) is 10.6. The Morgan fingerprint density at radius 3 is 2.61 bits per heavy atom. The van der Waals surface area contributed by atoms with Gasteiger partial charge in [-0.3, -0.25) is 19.8 Å². The molecule has 2 aromatic heterocycles. The Labute approximate surface area is 171 Å². The van der Waals surface area contributed by atoms with Gasteiger partial charge in [-0.1, -0.05) is 35.7 Å². The van der Waals surface area contributed by atoms with Crippen molar-refractivity contribution in [2.24, 2.45) is 0 Å². The topological polar surface area (TPSA) is 79.6 Å². The van der Waals surface area contributed by atoms with Gasteiger partial charge in [-0.05, 0) is 57.2 Å². The zero-order chi connectivity index (χ0) is 20.3. The molecule has 0 N–H and O–H groups in total. The van der Waals surface area contributed by atoms with Gasteiger partial charge >= 0.3 is 5.00 Å². The summed E-state index contributed by atoms with van der Waals surface area (Å²) in [4.78, 5) is 32.3. The van der Waals surface area contributed by atoms with Crippen molar-refractivity contribution >= 4 is 48.9 Å². The molecule has 0 atom stereocenters. The Balaban J connectivity index is 1.93. The second kappa shape index (κ2) is 8.76. The molecular formula is C19H22N4O3S2. The minimum absolute atomic E-state index is 0.0338. The average Bonchev–Trinajstić information content (AvgIpc) is 3.30. The molecule has 0 saturated carbocycles. The number of aryl methyl sites for hydroxylation is 1. The van der Waals surface area contributed by atoms with Crippen molar-refractivity contribution in [2.75, 3.05) is 32.1 Å². The van der Waals surface area contributed by atoms with Crippen molar-refractivity contribution in [3.8, 4) is 0 Å². The quantitative estimate of drug-likeness (QED) is 0.399. The van der Waals surface area contributed by atoms with Gasteiger partial charge in [-0.25, -0.2) is 4.98 Å². The molecule has 0 aliphatic heterocycles. The van der Waals surface area contributed by atoms with Crippen molar-refractivity contribution in [3.05, 3.63) is 50.9 Å². The Hall–Kier alpha value is -2.36. The minimum atomic E-state index is -0.470. The van der Waals surface area contributed by atoms with E-state index < -0.39 is 4.92 Å². The molecular weight excluding hydrogens is 396 g/mol. The van der Waals surface area contributed by atoms with Crippen LogP contribution in [0.2, 0.25) is 0 Å². The molecule has 3 aromatic rings. The van der Waals surface area contributed by atoms with Crippen LogP contribution in [0.1, 0.15) is 28.6 Å². The summed E-state index contributed by atoms with van der Waals surface area (Å²) in [5.41, 5.74) is 2.09. The Kier molecular flexibility index (Phi) is 6.38. The molecule has 0 spiro atoms. The summed E-state index contributed by atoms with van der Waals surface area (Å²) < 4.78 is 1.04. The van der Waals surface area contributed by atoms with Gasteiger partial charge in [0, 0.05) is 12.6 Å². The summed E-state index contributed by atoms with van der Waals surface area (Å²) in [5, 5.41) is 11.6. The molecule has 0 bridgehead atoms. The largest absolute Gasteiger partial charge is 0.324 e. The standard InChI is InChI=1S/C19H22N4O3S2/c1-4-13-6-7-14-16(12-13)28-19(20-14)22(11-5-10-21(2)3)18(24)15-8-9-17(27-15)23(25)26/h6-9,12H,4-5,10-11H2,1-3H3. The fraction of sp³-hybridized carbons (Fsp3) is 0.368. The molecule has 0 unspecified atom stereocenters. The van der Waals surface area contributed by atoms with Crippen molar-refractivity contribution in [1.82, 2.24) is 9.88 Å². The highest BCUT2D eigenvalue weighted by Gasteiger charge is 2.24. The van der Waals surface area contributed by atoms with Crippen LogP contribution in [0.4, 0.5) is 10.1 Å². The Bertz CT molecular complexity index is 996. The number of amides is 1. The highest BCUT2D eigenvalue weighted by molar-refractivity contribution is 7.22. The predicted octanol–water partition coefficient (Wildman–Crippen LogP) is 4.43. The fourth-order valence-corrected chi connectivity index (χ4v) is 4.62. The molecule has 0 radical (unpaired) electrons. The van der Waals surface area contributed by atoms with Crippen LogP contribution in [0.3, 0.4) is 0 Å². The lowest BCUT2D eigenvalue weighted by atomic mass is 10.2. The number of nitrogens with zero attached hydrogens (tertiary/aromatic N) is 4. The summed E-state index contributed by atoms with van der Waals surface area (Å²) in [5.74, 6) is -0.244. The third-order valence-corrected chi connectivity index (χ3v) is 6.36. The SMILES string of the molecule is CCc1ccc2nc(N(CCCN(C)C)C(=O)c3ccc([N+](=O)[O-])s3)sc2c1. The average molecular weight is 419 g/mol. The van der Waals surface area contributed by atoms with E-state index in [2.05, 4.69) is 22.9 Å². The number of anilines is 1. The first kappa shape index (κ1) is 20.4. The molecule has 148 valence electrons. The third-order valence-electron chi connectivity index (χ3n) is 4.30. The molecule has 3 rings (SSSR count). The molecule has 1 aromatic carbocycles. The van der Waals surface area contributed by atoms with E-state index in [4.69, 9.17) is 0 Å². The van der Waals surface area contributed by atoms with E-state index in [0.29, 0.717) is 16.6 Å². The molecule has 0 aliphatic rings. The maximum atomic E-state index is 13.1. The van der Waals surface area contributed by atoms with Crippen molar-refractivity contribution in [3.63, 3.8) is 0 Å². The molecule has 7 nitrogen and oxygen atoms in total. The maximum absolute atomic E-state index is 13.1. The number of fused-ring (bicyclic) bond motifs is 1. The number of carbonyl (C=O) groups is 1. The number of hydrogen-bond donors (Lipinski definition) is 0. The summed E-state index contributed by atoms with van der Waals surface area (Å²) in [7, 11) is 3.97. The van der Waals surface area contributed by atoms with E-state index in [-0.39, 0.29) is 10.9 Å². The van der Waals surface area contributed by atoms with E-state index in [9.17, 15) is 14.9 Å². The van der Waals surface area contributed by atoms with E-state index in [1.807, 2.05) is 26.2 Å². The van der Waals surface area contributed by atoms with E-state index in [1.54, 1.807) is 4.90 Å². The van der Waals surface area contributed by atoms with Crippen LogP contribution in [0.15, 0.2) is 30.3 Å². The zero-order valence-electron chi connectivity index (χ0n) is 16.0. The maximum Gasteiger partial charge on any atom is 0.324 e. The highest BCUT2D eigenvalue weighted by Crippen LogP contribution is 2.32. The number of thiophene rings is 1. The van der Waals surface area contributed by atoms with Gasteiger partial charge in [0.25, 0.3) is 5.91 Å². The zero-order valence-corrected chi connectivity index (χ0v) is 17.7. The predicted molar refractivity (Wildman–Crippen MR) is 115 cm³/mol. The lowest BCUT2D eigenvalue weighted by Crippen LogP contribution is -2.32. The number of benzene rings is 1. The highest BCUT2D eigenvalue weighted by atomic mass is 32.1. The van der Waals surface area contributed by atoms with Crippen LogP contribution in [0.25, 0.3) is 10.2 Å². The van der Waals surface area contributed by atoms with Crippen LogP contribution >= 0.6 is 22.7 Å². The summed E-state index contributed by atoms with van der Waals surface area (Å²) >= 11 is 2.38. The molecule has 0 aliphatic carbocycles. The fourth-order valence-electron chi connectivity index (χ4n) is 2.80. The van der Waals surface area contributed by atoms with E-state index >= 15 is 0 Å². The van der Waals surface area contributed by atoms with Crippen LogP contribution in [0, 0.1) is 10.1 Å². The molecule has 28 heavy (non-hydrogen) atoms. The number of thiazole rings is 1. The van der Waals surface area contributed by atoms with Gasteiger partial charge in [-0.15, -0.1) is 0 Å². The second-order valence-electron chi connectivity index (χ2n) is 6.66. The first-order chi connectivity index (χ1) is 13.4. The van der Waals surface area contributed by atoms with Crippen molar-refractivity contribution < 1.29 is 9.72 Å². The van der Waals surface area contributed by atoms with Crippen LogP contribution in [0.5, 0.6) is 0 Å². The first-order valence-electron chi connectivity index (χ1n) is 8.99. The Morgan fingerprint density at radius 2 is 1.96 bits per heavy atom. The van der Waals surface area contributed by atoms with E-state index in [1.165, 1.54) is 29.0 Å². The third kappa shape index (κ3) is 4.54. The summed E-state index contributed by atoms with van der Waals surface area (Å²) in [6.07, 6.45) is 1.72. The minimum Gasteiger partial charge on any atom is -0.309 e. The number of rotatable bonds is 8. The number of carbonyl (C=O) groups excluding carboxylic acids is 1. The molecule has 0 fully saturated rings. The molecule has 0 saturated heterocycles. The van der Waals surface area contributed by atoms with E-state index in [0.717, 1.165) is 40.9 Å². The van der Waals surface area contributed by atoms with Crippen molar-refractivity contribution in [2.45, 2.75) is 19.8 Å². The smallest absolute Gasteiger partial charge is 0.309 e. The van der Waals surface area contributed by atoms with Gasteiger partial charge in [0.1, 0.15) is 0 Å².